The Morgan fingerprint density at radius 3 is 2.37 bits per heavy atom. The van der Waals surface area contributed by atoms with Gasteiger partial charge in [-0.15, -0.1) is 0 Å². The first kappa shape index (κ1) is 16.3. The summed E-state index contributed by atoms with van der Waals surface area (Å²) >= 11 is 0. The SMILES string of the molecule is CC(C)C(O)C(C)(C)CNC(=O)NC1CCCCC1. The molecule has 1 fully saturated rings. The number of hydrogen-bond acceptors (Lipinski definition) is 2. The Kier molecular flexibility index (Phi) is 6.11. The Balaban J connectivity index is 2.32. The second kappa shape index (κ2) is 7.13. The largest absolute Gasteiger partial charge is 0.392 e. The van der Waals surface area contributed by atoms with Gasteiger partial charge in [-0.1, -0.05) is 47.0 Å². The molecule has 0 aromatic carbocycles. The number of aliphatic hydroxyl groups is 1. The number of aliphatic hydroxyl groups excluding tert-OH is 1. The van der Waals surface area contributed by atoms with Crippen LogP contribution in [0.3, 0.4) is 0 Å². The van der Waals surface area contributed by atoms with E-state index < -0.39 is 6.10 Å². The highest BCUT2D eigenvalue weighted by molar-refractivity contribution is 5.74. The van der Waals surface area contributed by atoms with Gasteiger partial charge >= 0.3 is 6.03 Å². The van der Waals surface area contributed by atoms with E-state index in [2.05, 4.69) is 10.6 Å². The molecule has 112 valence electrons. The maximum absolute atomic E-state index is 11.8. The molecule has 0 saturated heterocycles. The summed E-state index contributed by atoms with van der Waals surface area (Å²) in [6.45, 7) is 8.45. The van der Waals surface area contributed by atoms with Gasteiger partial charge in [-0.05, 0) is 18.8 Å². The fraction of sp³-hybridized carbons (Fsp3) is 0.933. The van der Waals surface area contributed by atoms with Gasteiger partial charge in [-0.2, -0.15) is 0 Å². The van der Waals surface area contributed by atoms with E-state index in [-0.39, 0.29) is 17.4 Å². The third-order valence-corrected chi connectivity index (χ3v) is 4.08. The van der Waals surface area contributed by atoms with Crippen molar-refractivity contribution < 1.29 is 9.90 Å². The van der Waals surface area contributed by atoms with E-state index >= 15 is 0 Å². The van der Waals surface area contributed by atoms with Gasteiger partial charge in [0.2, 0.25) is 0 Å². The van der Waals surface area contributed by atoms with Crippen molar-refractivity contribution in [3.05, 3.63) is 0 Å². The van der Waals surface area contributed by atoms with Crippen LogP contribution in [-0.2, 0) is 0 Å². The van der Waals surface area contributed by atoms with E-state index in [0.717, 1.165) is 12.8 Å². The van der Waals surface area contributed by atoms with E-state index in [0.29, 0.717) is 12.6 Å². The van der Waals surface area contributed by atoms with Gasteiger partial charge in [0.05, 0.1) is 6.10 Å². The summed E-state index contributed by atoms with van der Waals surface area (Å²) in [5, 5.41) is 16.0. The average molecular weight is 270 g/mol. The summed E-state index contributed by atoms with van der Waals surface area (Å²) in [6, 6.07) is 0.225. The molecule has 3 N–H and O–H groups in total. The molecule has 0 aliphatic heterocycles. The molecule has 2 amide bonds. The van der Waals surface area contributed by atoms with E-state index in [1.165, 1.54) is 19.3 Å². The van der Waals surface area contributed by atoms with Crippen LogP contribution in [0.2, 0.25) is 0 Å². The van der Waals surface area contributed by atoms with Crippen molar-refractivity contribution in [2.45, 2.75) is 71.9 Å². The van der Waals surface area contributed by atoms with Crippen LogP contribution in [0.5, 0.6) is 0 Å². The highest BCUT2D eigenvalue weighted by Crippen LogP contribution is 2.25. The van der Waals surface area contributed by atoms with Crippen LogP contribution in [0, 0.1) is 11.3 Å². The lowest BCUT2D eigenvalue weighted by Crippen LogP contribution is -2.48. The van der Waals surface area contributed by atoms with Gasteiger partial charge in [0.25, 0.3) is 0 Å². The quantitative estimate of drug-likeness (QED) is 0.719. The number of nitrogens with one attached hydrogen (secondary N) is 2. The van der Waals surface area contributed by atoms with E-state index in [1.54, 1.807) is 0 Å². The van der Waals surface area contributed by atoms with Crippen molar-refractivity contribution in [2.24, 2.45) is 11.3 Å². The smallest absolute Gasteiger partial charge is 0.315 e. The molecule has 1 saturated carbocycles. The third kappa shape index (κ3) is 5.39. The Hall–Kier alpha value is -0.770. The summed E-state index contributed by atoms with van der Waals surface area (Å²) in [6.07, 6.45) is 5.47. The number of carbonyl (C=O) groups excluding carboxylic acids is 1. The van der Waals surface area contributed by atoms with Crippen LogP contribution < -0.4 is 10.6 Å². The second-order valence-corrected chi connectivity index (χ2v) is 6.84. The zero-order valence-corrected chi connectivity index (χ0v) is 12.8. The molecular formula is C15H30N2O2. The zero-order valence-electron chi connectivity index (χ0n) is 12.8. The molecule has 1 aliphatic rings. The van der Waals surface area contributed by atoms with Crippen molar-refractivity contribution in [3.8, 4) is 0 Å². The molecular weight excluding hydrogens is 240 g/mol. The fourth-order valence-electron chi connectivity index (χ4n) is 2.80. The minimum Gasteiger partial charge on any atom is -0.392 e. The van der Waals surface area contributed by atoms with Crippen molar-refractivity contribution in [1.29, 1.82) is 0 Å². The highest BCUT2D eigenvalue weighted by atomic mass is 16.3. The number of hydrogen-bond donors (Lipinski definition) is 3. The van der Waals surface area contributed by atoms with E-state index in [1.807, 2.05) is 27.7 Å². The first-order valence-electron chi connectivity index (χ1n) is 7.55. The Morgan fingerprint density at radius 1 is 1.26 bits per heavy atom. The summed E-state index contributed by atoms with van der Waals surface area (Å²) in [5.41, 5.74) is -0.307. The van der Waals surface area contributed by atoms with E-state index in [9.17, 15) is 9.90 Å². The molecule has 1 rings (SSSR count). The monoisotopic (exact) mass is 270 g/mol. The second-order valence-electron chi connectivity index (χ2n) is 6.84. The zero-order chi connectivity index (χ0) is 14.5. The Morgan fingerprint density at radius 2 is 1.84 bits per heavy atom. The van der Waals surface area contributed by atoms with Crippen LogP contribution in [0.15, 0.2) is 0 Å². The Bertz CT molecular complexity index is 284. The molecule has 0 bridgehead atoms. The Labute approximate surface area is 117 Å². The predicted octanol–water partition coefficient (Wildman–Crippen LogP) is 2.66. The average Bonchev–Trinajstić information content (AvgIpc) is 2.36. The first-order valence-corrected chi connectivity index (χ1v) is 7.55. The first-order chi connectivity index (χ1) is 8.83. The van der Waals surface area contributed by atoms with Gasteiger partial charge < -0.3 is 15.7 Å². The molecule has 0 aromatic heterocycles. The van der Waals surface area contributed by atoms with Crippen molar-refractivity contribution in [1.82, 2.24) is 10.6 Å². The van der Waals surface area contributed by atoms with Crippen molar-refractivity contribution in [2.75, 3.05) is 6.54 Å². The van der Waals surface area contributed by atoms with Crippen molar-refractivity contribution in [3.63, 3.8) is 0 Å². The lowest BCUT2D eigenvalue weighted by molar-refractivity contribution is 0.0151. The predicted molar refractivity (Wildman–Crippen MR) is 78.0 cm³/mol. The van der Waals surface area contributed by atoms with Gasteiger partial charge in [0, 0.05) is 18.0 Å². The van der Waals surface area contributed by atoms with Crippen LogP contribution in [0.4, 0.5) is 4.79 Å². The van der Waals surface area contributed by atoms with Crippen LogP contribution in [-0.4, -0.2) is 29.8 Å². The van der Waals surface area contributed by atoms with E-state index in [4.69, 9.17) is 0 Å². The summed E-state index contributed by atoms with van der Waals surface area (Å²) < 4.78 is 0. The minimum atomic E-state index is -0.414. The topological polar surface area (TPSA) is 61.4 Å². The molecule has 1 atom stereocenters. The third-order valence-electron chi connectivity index (χ3n) is 4.08. The number of carbonyl (C=O) groups is 1. The van der Waals surface area contributed by atoms with Crippen molar-refractivity contribution >= 4 is 6.03 Å². The lowest BCUT2D eigenvalue weighted by Gasteiger charge is -2.33. The highest BCUT2D eigenvalue weighted by Gasteiger charge is 2.30. The minimum absolute atomic E-state index is 0.101. The summed E-state index contributed by atoms with van der Waals surface area (Å²) in [4.78, 5) is 11.8. The molecule has 4 heteroatoms. The number of rotatable bonds is 5. The van der Waals surface area contributed by atoms with Gasteiger partial charge in [-0.25, -0.2) is 4.79 Å². The molecule has 0 aromatic rings. The fourth-order valence-corrected chi connectivity index (χ4v) is 2.80. The summed E-state index contributed by atoms with van der Waals surface area (Å²) in [5.74, 6) is 0.193. The van der Waals surface area contributed by atoms with Gasteiger partial charge in [0.15, 0.2) is 0 Å². The van der Waals surface area contributed by atoms with Crippen LogP contribution in [0.1, 0.15) is 59.8 Å². The molecule has 1 unspecified atom stereocenters. The van der Waals surface area contributed by atoms with Crippen LogP contribution >= 0.6 is 0 Å². The standard InChI is InChI=1S/C15H30N2O2/c1-11(2)13(18)15(3,4)10-16-14(19)17-12-8-6-5-7-9-12/h11-13,18H,5-10H2,1-4H3,(H2,16,17,19). The molecule has 0 radical (unpaired) electrons. The normalized spacial score (nSPS) is 19.3. The summed E-state index contributed by atoms with van der Waals surface area (Å²) in [7, 11) is 0. The number of urea groups is 1. The van der Waals surface area contributed by atoms with Gasteiger partial charge in [0.1, 0.15) is 0 Å². The molecule has 0 spiro atoms. The molecule has 4 nitrogen and oxygen atoms in total. The number of amides is 2. The molecule has 19 heavy (non-hydrogen) atoms. The maximum atomic E-state index is 11.8. The lowest BCUT2D eigenvalue weighted by atomic mass is 9.81. The maximum Gasteiger partial charge on any atom is 0.315 e. The van der Waals surface area contributed by atoms with Crippen LogP contribution in [0.25, 0.3) is 0 Å². The molecule has 1 aliphatic carbocycles. The van der Waals surface area contributed by atoms with Gasteiger partial charge in [-0.3, -0.25) is 0 Å². The molecule has 0 heterocycles.